The molecule has 0 aromatic heterocycles. The standard InChI is InChI=1S/C17H21NO3/c1-18-15(12-21-14-7-5-4-6-8-14)13-9-10-16(19-2)17(11-13)20-3/h4-11,15,18H,12H2,1-3H3. The Balaban J connectivity index is 2.10. The van der Waals surface area contributed by atoms with Gasteiger partial charge in [-0.1, -0.05) is 24.3 Å². The fourth-order valence-electron chi connectivity index (χ4n) is 2.11. The van der Waals surface area contributed by atoms with Gasteiger partial charge in [-0.2, -0.15) is 0 Å². The summed E-state index contributed by atoms with van der Waals surface area (Å²) in [6.07, 6.45) is 0. The minimum Gasteiger partial charge on any atom is -0.493 e. The predicted molar refractivity (Wildman–Crippen MR) is 83.3 cm³/mol. The Kier molecular flexibility index (Phi) is 5.46. The zero-order chi connectivity index (χ0) is 15.1. The highest BCUT2D eigenvalue weighted by Crippen LogP contribution is 2.30. The molecule has 2 rings (SSSR count). The number of likely N-dealkylation sites (N-methyl/N-ethyl adjacent to an activating group) is 1. The lowest BCUT2D eigenvalue weighted by molar-refractivity contribution is 0.272. The molecule has 4 heteroatoms. The number of ether oxygens (including phenoxy) is 3. The molecule has 0 aliphatic carbocycles. The van der Waals surface area contributed by atoms with Gasteiger partial charge < -0.3 is 19.5 Å². The number of hydrogen-bond acceptors (Lipinski definition) is 4. The van der Waals surface area contributed by atoms with Crippen molar-refractivity contribution in [3.63, 3.8) is 0 Å². The monoisotopic (exact) mass is 287 g/mol. The molecule has 0 fully saturated rings. The van der Waals surface area contributed by atoms with Crippen LogP contribution >= 0.6 is 0 Å². The van der Waals surface area contributed by atoms with Gasteiger partial charge in [0.1, 0.15) is 12.4 Å². The topological polar surface area (TPSA) is 39.7 Å². The van der Waals surface area contributed by atoms with Crippen molar-refractivity contribution in [2.24, 2.45) is 0 Å². The number of para-hydroxylation sites is 1. The third-order valence-corrected chi connectivity index (χ3v) is 3.32. The van der Waals surface area contributed by atoms with Gasteiger partial charge in [0.2, 0.25) is 0 Å². The summed E-state index contributed by atoms with van der Waals surface area (Å²) in [6, 6.07) is 15.7. The first-order valence-electron chi connectivity index (χ1n) is 6.85. The maximum absolute atomic E-state index is 5.81. The van der Waals surface area contributed by atoms with E-state index in [0.29, 0.717) is 6.61 Å². The minimum absolute atomic E-state index is 0.0741. The lowest BCUT2D eigenvalue weighted by Gasteiger charge is -2.19. The average molecular weight is 287 g/mol. The van der Waals surface area contributed by atoms with Crippen molar-refractivity contribution < 1.29 is 14.2 Å². The first-order chi connectivity index (χ1) is 10.3. The van der Waals surface area contributed by atoms with Crippen LogP contribution in [0.3, 0.4) is 0 Å². The molecule has 0 bridgehead atoms. The van der Waals surface area contributed by atoms with Crippen molar-refractivity contribution in [2.45, 2.75) is 6.04 Å². The summed E-state index contributed by atoms with van der Waals surface area (Å²) in [5.74, 6) is 2.30. The van der Waals surface area contributed by atoms with Crippen molar-refractivity contribution in [2.75, 3.05) is 27.9 Å². The SMILES string of the molecule is CNC(COc1ccccc1)c1ccc(OC)c(OC)c1. The van der Waals surface area contributed by atoms with Crippen molar-refractivity contribution in [1.82, 2.24) is 5.32 Å². The molecular weight excluding hydrogens is 266 g/mol. The third-order valence-electron chi connectivity index (χ3n) is 3.32. The summed E-state index contributed by atoms with van der Waals surface area (Å²) in [5, 5.41) is 3.26. The maximum atomic E-state index is 5.81. The fraction of sp³-hybridized carbons (Fsp3) is 0.294. The van der Waals surface area contributed by atoms with Crippen LogP contribution in [0.5, 0.6) is 17.2 Å². The lowest BCUT2D eigenvalue weighted by atomic mass is 10.1. The summed E-state index contributed by atoms with van der Waals surface area (Å²) in [7, 11) is 5.18. The van der Waals surface area contributed by atoms with E-state index in [1.54, 1.807) is 14.2 Å². The second kappa shape index (κ2) is 7.55. The Bertz CT molecular complexity index is 557. The Morgan fingerprint density at radius 2 is 1.67 bits per heavy atom. The molecule has 4 nitrogen and oxygen atoms in total. The predicted octanol–water partition coefficient (Wildman–Crippen LogP) is 3.04. The van der Waals surface area contributed by atoms with E-state index >= 15 is 0 Å². The van der Waals surface area contributed by atoms with Crippen LogP contribution in [0.15, 0.2) is 48.5 Å². The molecule has 0 spiro atoms. The van der Waals surface area contributed by atoms with Gasteiger partial charge in [-0.25, -0.2) is 0 Å². The smallest absolute Gasteiger partial charge is 0.161 e. The highest BCUT2D eigenvalue weighted by atomic mass is 16.5. The first-order valence-corrected chi connectivity index (χ1v) is 6.85. The van der Waals surface area contributed by atoms with Crippen LogP contribution in [0.1, 0.15) is 11.6 Å². The molecule has 1 atom stereocenters. The van der Waals surface area contributed by atoms with Crippen molar-refractivity contribution in [3.8, 4) is 17.2 Å². The first kappa shape index (κ1) is 15.2. The van der Waals surface area contributed by atoms with E-state index in [2.05, 4.69) is 5.32 Å². The summed E-state index contributed by atoms with van der Waals surface area (Å²) in [6.45, 7) is 0.538. The number of hydrogen-bond donors (Lipinski definition) is 1. The van der Waals surface area contributed by atoms with Crippen LogP contribution in [0, 0.1) is 0 Å². The van der Waals surface area contributed by atoms with E-state index in [0.717, 1.165) is 22.8 Å². The van der Waals surface area contributed by atoms with Gasteiger partial charge in [0.25, 0.3) is 0 Å². The maximum Gasteiger partial charge on any atom is 0.161 e. The average Bonchev–Trinajstić information content (AvgIpc) is 2.56. The van der Waals surface area contributed by atoms with Crippen molar-refractivity contribution in [1.29, 1.82) is 0 Å². The quantitative estimate of drug-likeness (QED) is 0.849. The molecule has 0 saturated heterocycles. The van der Waals surface area contributed by atoms with Crippen LogP contribution in [-0.2, 0) is 0 Å². The largest absolute Gasteiger partial charge is 0.493 e. The van der Waals surface area contributed by atoms with Crippen molar-refractivity contribution >= 4 is 0 Å². The van der Waals surface area contributed by atoms with Gasteiger partial charge in [-0.15, -0.1) is 0 Å². The minimum atomic E-state index is 0.0741. The van der Waals surface area contributed by atoms with Crippen LogP contribution in [0.25, 0.3) is 0 Å². The molecule has 112 valence electrons. The van der Waals surface area contributed by atoms with Gasteiger partial charge in [0, 0.05) is 0 Å². The van der Waals surface area contributed by atoms with Crippen molar-refractivity contribution in [3.05, 3.63) is 54.1 Å². The molecule has 2 aromatic carbocycles. The van der Waals surface area contributed by atoms with E-state index in [1.165, 1.54) is 0 Å². The Morgan fingerprint density at radius 3 is 2.29 bits per heavy atom. The molecule has 0 aliphatic rings. The highest BCUT2D eigenvalue weighted by molar-refractivity contribution is 5.43. The number of methoxy groups -OCH3 is 2. The molecule has 0 heterocycles. The fourth-order valence-corrected chi connectivity index (χ4v) is 2.11. The Labute approximate surface area is 125 Å². The summed E-state index contributed by atoms with van der Waals surface area (Å²) >= 11 is 0. The number of benzene rings is 2. The van der Waals surface area contributed by atoms with E-state index in [1.807, 2.05) is 55.6 Å². The van der Waals surface area contributed by atoms with Gasteiger partial charge in [-0.3, -0.25) is 0 Å². The van der Waals surface area contributed by atoms with Gasteiger partial charge in [0.15, 0.2) is 11.5 Å². The van der Waals surface area contributed by atoms with Gasteiger partial charge in [-0.05, 0) is 36.9 Å². The molecule has 0 saturated carbocycles. The third kappa shape index (κ3) is 3.89. The molecule has 21 heavy (non-hydrogen) atoms. The molecule has 0 amide bonds. The molecule has 0 aliphatic heterocycles. The molecule has 2 aromatic rings. The normalized spacial score (nSPS) is 11.8. The van der Waals surface area contributed by atoms with Crippen LogP contribution in [0.2, 0.25) is 0 Å². The molecule has 0 radical (unpaired) electrons. The lowest BCUT2D eigenvalue weighted by Crippen LogP contribution is -2.23. The van der Waals surface area contributed by atoms with E-state index in [4.69, 9.17) is 14.2 Å². The van der Waals surface area contributed by atoms with Gasteiger partial charge in [0.05, 0.1) is 20.3 Å². The summed E-state index contributed by atoms with van der Waals surface area (Å²) in [5.41, 5.74) is 1.09. The molecule has 1 N–H and O–H groups in total. The van der Waals surface area contributed by atoms with Gasteiger partial charge >= 0.3 is 0 Å². The van der Waals surface area contributed by atoms with Crippen LogP contribution in [0.4, 0.5) is 0 Å². The highest BCUT2D eigenvalue weighted by Gasteiger charge is 2.13. The van der Waals surface area contributed by atoms with Crippen LogP contribution < -0.4 is 19.5 Å². The Morgan fingerprint density at radius 1 is 0.952 bits per heavy atom. The summed E-state index contributed by atoms with van der Waals surface area (Å²) in [4.78, 5) is 0. The van der Waals surface area contributed by atoms with E-state index < -0.39 is 0 Å². The second-order valence-corrected chi connectivity index (χ2v) is 4.58. The molecular formula is C17H21NO3. The second-order valence-electron chi connectivity index (χ2n) is 4.58. The van der Waals surface area contributed by atoms with Crippen LogP contribution in [-0.4, -0.2) is 27.9 Å². The zero-order valence-corrected chi connectivity index (χ0v) is 12.6. The zero-order valence-electron chi connectivity index (χ0n) is 12.6. The number of nitrogens with one attached hydrogen (secondary N) is 1. The molecule has 1 unspecified atom stereocenters. The summed E-state index contributed by atoms with van der Waals surface area (Å²) < 4.78 is 16.4. The Hall–Kier alpha value is -2.20. The van der Waals surface area contributed by atoms with E-state index in [9.17, 15) is 0 Å². The van der Waals surface area contributed by atoms with E-state index in [-0.39, 0.29) is 6.04 Å². The number of rotatable bonds is 7.